The van der Waals surface area contributed by atoms with Crippen LogP contribution in [0.5, 0.6) is 0 Å². The van der Waals surface area contributed by atoms with Gasteiger partial charge in [-0.25, -0.2) is 4.98 Å². The van der Waals surface area contributed by atoms with Gasteiger partial charge >= 0.3 is 0 Å². The maximum Gasteiger partial charge on any atom is 0.143 e. The Morgan fingerprint density at radius 1 is 1.39 bits per heavy atom. The highest BCUT2D eigenvalue weighted by Crippen LogP contribution is 2.42. The van der Waals surface area contributed by atoms with Crippen LogP contribution in [0.15, 0.2) is 10.7 Å². The van der Waals surface area contributed by atoms with Gasteiger partial charge in [-0.1, -0.05) is 0 Å². The molecule has 0 aliphatic carbocycles. The summed E-state index contributed by atoms with van der Waals surface area (Å²) in [6.45, 7) is 2.01. The van der Waals surface area contributed by atoms with Crippen molar-refractivity contribution in [2.24, 2.45) is 0 Å². The monoisotopic (exact) mass is 311 g/mol. The van der Waals surface area contributed by atoms with Crippen LogP contribution in [0.1, 0.15) is 31.2 Å². The van der Waals surface area contributed by atoms with Gasteiger partial charge in [0.15, 0.2) is 0 Å². The molecule has 0 radical (unpaired) electrons. The predicted octanol–water partition coefficient (Wildman–Crippen LogP) is 2.23. The summed E-state index contributed by atoms with van der Waals surface area (Å²) >= 11 is 3.62. The van der Waals surface area contributed by atoms with Crippen LogP contribution in [0, 0.1) is 6.92 Å². The van der Waals surface area contributed by atoms with Crippen molar-refractivity contribution in [1.82, 2.24) is 4.98 Å². The minimum Gasteiger partial charge on any atom is -0.397 e. The number of pyridine rings is 1. The first-order chi connectivity index (χ1) is 8.58. The van der Waals surface area contributed by atoms with Crippen molar-refractivity contribution in [3.63, 3.8) is 0 Å². The van der Waals surface area contributed by atoms with Gasteiger partial charge in [-0.2, -0.15) is 0 Å². The number of halogens is 1. The Hall–Kier alpha value is -0.810. The lowest BCUT2D eigenvalue weighted by Gasteiger charge is -2.38. The second-order valence-corrected chi connectivity index (χ2v) is 6.19. The summed E-state index contributed by atoms with van der Waals surface area (Å²) in [5.41, 5.74) is 7.64. The molecule has 3 N–H and O–H groups in total. The fraction of sp³-hybridized carbons (Fsp3) is 0.615. The van der Waals surface area contributed by atoms with Crippen LogP contribution < -0.4 is 10.6 Å². The number of aromatic nitrogens is 1. The van der Waals surface area contributed by atoms with Gasteiger partial charge in [0.05, 0.1) is 22.5 Å². The van der Waals surface area contributed by atoms with Gasteiger partial charge in [0.2, 0.25) is 0 Å². The van der Waals surface area contributed by atoms with Crippen molar-refractivity contribution >= 4 is 27.4 Å². The van der Waals surface area contributed by atoms with Gasteiger partial charge in [-0.3, -0.25) is 0 Å². The Morgan fingerprint density at radius 2 is 2.00 bits per heavy atom. The van der Waals surface area contributed by atoms with Crippen LogP contribution in [0.2, 0.25) is 0 Å². The molecule has 0 aromatic carbocycles. The van der Waals surface area contributed by atoms with Crippen molar-refractivity contribution in [3.05, 3.63) is 16.2 Å². The SMILES string of the molecule is Cc1c(N)cnc(N2C3CCC2CC(O)C3)c1Br. The van der Waals surface area contributed by atoms with Crippen molar-refractivity contribution < 1.29 is 5.11 Å². The van der Waals surface area contributed by atoms with Crippen molar-refractivity contribution in [3.8, 4) is 0 Å². The lowest BCUT2D eigenvalue weighted by Crippen LogP contribution is -2.45. The molecule has 2 unspecified atom stereocenters. The number of fused-ring (bicyclic) bond motifs is 2. The first kappa shape index (κ1) is 12.2. The van der Waals surface area contributed by atoms with E-state index in [1.165, 1.54) is 0 Å². The maximum absolute atomic E-state index is 9.84. The molecular weight excluding hydrogens is 294 g/mol. The molecule has 1 aromatic heterocycles. The maximum atomic E-state index is 9.84. The van der Waals surface area contributed by atoms with E-state index in [4.69, 9.17) is 5.73 Å². The Balaban J connectivity index is 1.99. The highest BCUT2D eigenvalue weighted by atomic mass is 79.9. The zero-order valence-corrected chi connectivity index (χ0v) is 12.0. The van der Waals surface area contributed by atoms with Crippen LogP contribution in [-0.2, 0) is 0 Å². The summed E-state index contributed by atoms with van der Waals surface area (Å²) in [5, 5.41) is 9.84. The molecule has 2 fully saturated rings. The molecule has 2 aliphatic rings. The third-order valence-electron chi connectivity index (χ3n) is 4.24. The van der Waals surface area contributed by atoms with Gasteiger partial charge in [-0.05, 0) is 54.1 Å². The fourth-order valence-electron chi connectivity index (χ4n) is 3.25. The average molecular weight is 312 g/mol. The number of nitrogens with two attached hydrogens (primary N) is 1. The van der Waals surface area contributed by atoms with Crippen LogP contribution in [0.3, 0.4) is 0 Å². The molecule has 0 spiro atoms. The van der Waals surface area contributed by atoms with E-state index in [1.54, 1.807) is 6.20 Å². The van der Waals surface area contributed by atoms with E-state index in [0.717, 1.165) is 47.2 Å². The van der Waals surface area contributed by atoms with E-state index < -0.39 is 0 Å². The highest BCUT2D eigenvalue weighted by molar-refractivity contribution is 9.10. The van der Waals surface area contributed by atoms with Crippen molar-refractivity contribution in [1.29, 1.82) is 0 Å². The second-order valence-electron chi connectivity index (χ2n) is 5.39. The molecule has 0 saturated carbocycles. The number of aliphatic hydroxyl groups is 1. The number of hydrogen-bond donors (Lipinski definition) is 2. The zero-order valence-electron chi connectivity index (χ0n) is 10.4. The van der Waals surface area contributed by atoms with Crippen LogP contribution >= 0.6 is 15.9 Å². The molecule has 1 aromatic rings. The number of aliphatic hydroxyl groups excluding tert-OH is 1. The second kappa shape index (κ2) is 4.38. The van der Waals surface area contributed by atoms with Gasteiger partial charge in [0.25, 0.3) is 0 Å². The van der Waals surface area contributed by atoms with E-state index in [0.29, 0.717) is 12.1 Å². The lowest BCUT2D eigenvalue weighted by molar-refractivity contribution is 0.126. The van der Waals surface area contributed by atoms with Crippen LogP contribution in [0.4, 0.5) is 11.5 Å². The number of piperidine rings is 1. The van der Waals surface area contributed by atoms with Crippen molar-refractivity contribution in [2.75, 3.05) is 10.6 Å². The third-order valence-corrected chi connectivity index (χ3v) is 5.19. The lowest BCUT2D eigenvalue weighted by atomic mass is 10.00. The largest absolute Gasteiger partial charge is 0.397 e. The summed E-state index contributed by atoms with van der Waals surface area (Å²) in [7, 11) is 0. The topological polar surface area (TPSA) is 62.4 Å². The number of nitrogen functional groups attached to an aromatic ring is 1. The van der Waals surface area contributed by atoms with E-state index in [2.05, 4.69) is 25.8 Å². The molecule has 3 heterocycles. The van der Waals surface area contributed by atoms with Crippen LogP contribution in [-0.4, -0.2) is 28.3 Å². The molecule has 0 amide bonds. The average Bonchev–Trinajstić information content (AvgIpc) is 2.59. The van der Waals surface area contributed by atoms with Crippen LogP contribution in [0.25, 0.3) is 0 Å². The van der Waals surface area contributed by atoms with Crippen molar-refractivity contribution in [2.45, 2.75) is 50.8 Å². The smallest absolute Gasteiger partial charge is 0.143 e. The molecule has 4 nitrogen and oxygen atoms in total. The van der Waals surface area contributed by atoms with Gasteiger partial charge in [0, 0.05) is 12.1 Å². The Bertz CT molecular complexity index is 466. The first-order valence-electron chi connectivity index (χ1n) is 6.45. The molecular formula is C13H18BrN3O. The summed E-state index contributed by atoms with van der Waals surface area (Å²) in [6, 6.07) is 0.844. The number of hydrogen-bond acceptors (Lipinski definition) is 4. The predicted molar refractivity (Wildman–Crippen MR) is 75.6 cm³/mol. The fourth-order valence-corrected chi connectivity index (χ4v) is 3.79. The zero-order chi connectivity index (χ0) is 12.9. The number of rotatable bonds is 1. The summed E-state index contributed by atoms with van der Waals surface area (Å²) in [4.78, 5) is 6.88. The molecule has 2 saturated heterocycles. The molecule has 2 bridgehead atoms. The number of nitrogens with zero attached hydrogens (tertiary/aromatic N) is 2. The van der Waals surface area contributed by atoms with Gasteiger partial charge in [-0.15, -0.1) is 0 Å². The van der Waals surface area contributed by atoms with Gasteiger partial charge in [0.1, 0.15) is 5.82 Å². The van der Waals surface area contributed by atoms with E-state index in [1.807, 2.05) is 6.92 Å². The molecule has 98 valence electrons. The van der Waals surface area contributed by atoms with Gasteiger partial charge < -0.3 is 15.7 Å². The summed E-state index contributed by atoms with van der Waals surface area (Å²) in [5.74, 6) is 0.987. The third kappa shape index (κ3) is 1.80. The standard InChI is InChI=1S/C13H18BrN3O/c1-7-11(15)6-16-13(12(7)14)17-8-2-3-9(17)5-10(18)4-8/h6,8-10,18H,2-5,15H2,1H3. The molecule has 2 aliphatic heterocycles. The molecule has 3 rings (SSSR count). The Kier molecular flexibility index (Phi) is 2.98. The summed E-state index contributed by atoms with van der Waals surface area (Å²) < 4.78 is 0.996. The minimum absolute atomic E-state index is 0.146. The molecule has 2 atom stereocenters. The molecule has 5 heteroatoms. The first-order valence-corrected chi connectivity index (χ1v) is 7.24. The molecule has 18 heavy (non-hydrogen) atoms. The van der Waals surface area contributed by atoms with E-state index in [9.17, 15) is 5.11 Å². The number of anilines is 2. The Labute approximate surface area is 115 Å². The Morgan fingerprint density at radius 3 is 2.61 bits per heavy atom. The minimum atomic E-state index is -0.146. The quantitative estimate of drug-likeness (QED) is 0.835. The summed E-state index contributed by atoms with van der Waals surface area (Å²) in [6.07, 6.45) is 5.60. The van der Waals surface area contributed by atoms with E-state index in [-0.39, 0.29) is 6.10 Å². The normalized spacial score (nSPS) is 30.8. The highest BCUT2D eigenvalue weighted by Gasteiger charge is 2.41. The van der Waals surface area contributed by atoms with E-state index >= 15 is 0 Å².